The van der Waals surface area contributed by atoms with Crippen molar-refractivity contribution in [2.45, 2.75) is 31.8 Å². The van der Waals surface area contributed by atoms with Crippen LogP contribution in [0.3, 0.4) is 0 Å². The summed E-state index contributed by atoms with van der Waals surface area (Å²) in [5.41, 5.74) is 9.37. The molecule has 1 aliphatic rings. The minimum absolute atomic E-state index is 0.0340. The Morgan fingerprint density at radius 2 is 1.41 bits per heavy atom. The summed E-state index contributed by atoms with van der Waals surface area (Å²) < 4.78 is 5.25. The van der Waals surface area contributed by atoms with Crippen LogP contribution in [0.1, 0.15) is 30.9 Å². The predicted molar refractivity (Wildman–Crippen MR) is 107 cm³/mol. The van der Waals surface area contributed by atoms with E-state index < -0.39 is 30.1 Å². The van der Waals surface area contributed by atoms with E-state index >= 15 is 0 Å². The van der Waals surface area contributed by atoms with E-state index in [1.165, 1.54) is 13.8 Å². The van der Waals surface area contributed by atoms with Gasteiger partial charge >= 0.3 is 18.0 Å². The molecule has 0 unspecified atom stereocenters. The smallest absolute Gasteiger partial charge is 0.407 e. The molecule has 5 N–H and O–H groups in total. The molecule has 0 radical (unpaired) electrons. The first kappa shape index (κ1) is 21.9. The average molecular weight is 400 g/mol. The second-order valence-electron chi connectivity index (χ2n) is 6.66. The van der Waals surface area contributed by atoms with Crippen LogP contribution in [-0.4, -0.2) is 46.9 Å². The monoisotopic (exact) mass is 400 g/mol. The third kappa shape index (κ3) is 5.55. The number of hydrogen-bond acceptors (Lipinski definition) is 5. The first-order chi connectivity index (χ1) is 13.7. The molecule has 8 nitrogen and oxygen atoms in total. The largest absolute Gasteiger partial charge is 0.480 e. The summed E-state index contributed by atoms with van der Waals surface area (Å²) in [6.45, 7) is 2.98. The average Bonchev–Trinajstić information content (AvgIpc) is 3.00. The van der Waals surface area contributed by atoms with E-state index in [0.29, 0.717) is 0 Å². The summed E-state index contributed by atoms with van der Waals surface area (Å²) in [7, 11) is 0. The van der Waals surface area contributed by atoms with Crippen LogP contribution in [0.4, 0.5) is 4.79 Å². The van der Waals surface area contributed by atoms with Gasteiger partial charge in [-0.2, -0.15) is 0 Å². The van der Waals surface area contributed by atoms with Gasteiger partial charge < -0.3 is 26.0 Å². The first-order valence-corrected chi connectivity index (χ1v) is 9.05. The predicted octanol–water partition coefficient (Wildman–Crippen LogP) is 2.42. The molecule has 1 amide bonds. The summed E-state index contributed by atoms with van der Waals surface area (Å²) in [5.74, 6) is -2.10. The molecule has 29 heavy (non-hydrogen) atoms. The highest BCUT2D eigenvalue weighted by atomic mass is 16.5. The van der Waals surface area contributed by atoms with Crippen LogP contribution in [0, 0.1) is 0 Å². The van der Waals surface area contributed by atoms with E-state index in [1.807, 2.05) is 36.4 Å². The van der Waals surface area contributed by atoms with Gasteiger partial charge in [-0.25, -0.2) is 4.79 Å². The number of carbonyl (C=O) groups is 3. The zero-order valence-corrected chi connectivity index (χ0v) is 16.2. The van der Waals surface area contributed by atoms with Crippen LogP contribution in [-0.2, 0) is 14.3 Å². The lowest BCUT2D eigenvalue weighted by Gasteiger charge is -2.15. The molecule has 3 rings (SSSR count). The molecule has 0 heterocycles. The van der Waals surface area contributed by atoms with Gasteiger partial charge in [-0.1, -0.05) is 48.5 Å². The Balaban J connectivity index is 0.000000438. The molecule has 2 atom stereocenters. The van der Waals surface area contributed by atoms with Crippen LogP contribution in [0.25, 0.3) is 11.1 Å². The van der Waals surface area contributed by atoms with Crippen molar-refractivity contribution >= 4 is 18.0 Å². The number of ether oxygens (including phenoxy) is 1. The van der Waals surface area contributed by atoms with Crippen LogP contribution < -0.4 is 11.1 Å². The maximum atomic E-state index is 11.7. The maximum absolute atomic E-state index is 11.7. The normalized spacial score (nSPS) is 13.8. The number of rotatable bonds is 5. The maximum Gasteiger partial charge on any atom is 0.407 e. The zero-order chi connectivity index (χ0) is 21.6. The van der Waals surface area contributed by atoms with E-state index in [0.717, 1.165) is 22.3 Å². The Morgan fingerprint density at radius 1 is 0.966 bits per heavy atom. The number of aliphatic carboxylic acids is 2. The molecule has 8 heteroatoms. The number of alkyl carbamates (subject to hydrolysis) is 1. The fourth-order valence-electron chi connectivity index (χ4n) is 2.88. The Kier molecular flexibility index (Phi) is 7.33. The molecule has 0 fully saturated rings. The minimum atomic E-state index is -1.10. The second kappa shape index (κ2) is 9.70. The van der Waals surface area contributed by atoms with Crippen LogP contribution in [0.5, 0.6) is 0 Å². The molecule has 154 valence electrons. The first-order valence-electron chi connectivity index (χ1n) is 9.05. The lowest BCUT2D eigenvalue weighted by atomic mass is 9.98. The van der Waals surface area contributed by atoms with Crippen molar-refractivity contribution in [3.63, 3.8) is 0 Å². The van der Waals surface area contributed by atoms with E-state index in [2.05, 4.69) is 17.4 Å². The van der Waals surface area contributed by atoms with Gasteiger partial charge in [0.1, 0.15) is 18.7 Å². The molecular formula is C21H24N2O6. The number of carbonyl (C=O) groups excluding carboxylic acids is 1. The molecule has 0 bridgehead atoms. The number of fused-ring (bicyclic) bond motifs is 3. The van der Waals surface area contributed by atoms with Crippen molar-refractivity contribution in [3.8, 4) is 11.1 Å². The number of nitrogens with one attached hydrogen (secondary N) is 1. The van der Waals surface area contributed by atoms with Crippen molar-refractivity contribution in [2.75, 3.05) is 6.61 Å². The van der Waals surface area contributed by atoms with Crippen molar-refractivity contribution in [1.82, 2.24) is 5.32 Å². The summed E-state index contributed by atoms with van der Waals surface area (Å²) >= 11 is 0. The number of carboxylic acids is 2. The van der Waals surface area contributed by atoms with Crippen LogP contribution >= 0.6 is 0 Å². The lowest BCUT2D eigenvalue weighted by Crippen LogP contribution is -2.39. The van der Waals surface area contributed by atoms with E-state index in [-0.39, 0.29) is 12.5 Å². The molecule has 0 spiro atoms. The Bertz CT molecular complexity index is 851. The zero-order valence-electron chi connectivity index (χ0n) is 16.2. The molecule has 0 aliphatic heterocycles. The third-order valence-corrected chi connectivity index (χ3v) is 4.44. The Morgan fingerprint density at radius 3 is 1.83 bits per heavy atom. The summed E-state index contributed by atoms with van der Waals surface area (Å²) in [6, 6.07) is 14.4. The highest BCUT2D eigenvalue weighted by molar-refractivity contribution is 5.80. The molecule has 2 aromatic rings. The fourth-order valence-corrected chi connectivity index (χ4v) is 2.88. The van der Waals surface area contributed by atoms with Gasteiger partial charge in [-0.3, -0.25) is 9.59 Å². The van der Waals surface area contributed by atoms with Gasteiger partial charge in [-0.05, 0) is 36.1 Å². The summed E-state index contributed by atoms with van der Waals surface area (Å²) in [5, 5.41) is 19.0. The van der Waals surface area contributed by atoms with Crippen molar-refractivity contribution < 1.29 is 29.3 Å². The minimum Gasteiger partial charge on any atom is -0.480 e. The molecular weight excluding hydrogens is 376 g/mol. The number of benzene rings is 2. The number of nitrogens with two attached hydrogens (primary N) is 1. The SMILES string of the molecule is C[C@H](N)C(=O)O.C[C@H](NC(=O)OCC1c2ccccc2-c2ccccc21)C(=O)O. The summed E-state index contributed by atoms with van der Waals surface area (Å²) in [6.07, 6.45) is -0.721. The van der Waals surface area contributed by atoms with Gasteiger partial charge in [-0.15, -0.1) is 0 Å². The van der Waals surface area contributed by atoms with Crippen molar-refractivity contribution in [2.24, 2.45) is 5.73 Å². The number of hydrogen-bond donors (Lipinski definition) is 4. The highest BCUT2D eigenvalue weighted by Gasteiger charge is 2.29. The molecule has 0 saturated heterocycles. The molecule has 2 aromatic carbocycles. The van der Waals surface area contributed by atoms with Crippen LogP contribution in [0.2, 0.25) is 0 Å². The van der Waals surface area contributed by atoms with E-state index in [1.54, 1.807) is 0 Å². The highest BCUT2D eigenvalue weighted by Crippen LogP contribution is 2.44. The number of amides is 1. The number of carboxylic acid groups (broad SMARTS) is 2. The van der Waals surface area contributed by atoms with E-state index in [4.69, 9.17) is 20.7 Å². The third-order valence-electron chi connectivity index (χ3n) is 4.44. The quantitative estimate of drug-likeness (QED) is 0.604. The molecule has 0 aromatic heterocycles. The Hall–Kier alpha value is -3.39. The molecule has 1 aliphatic carbocycles. The van der Waals surface area contributed by atoms with Gasteiger partial charge in [0, 0.05) is 5.92 Å². The van der Waals surface area contributed by atoms with Gasteiger partial charge in [0.05, 0.1) is 0 Å². The van der Waals surface area contributed by atoms with Crippen LogP contribution in [0.15, 0.2) is 48.5 Å². The van der Waals surface area contributed by atoms with E-state index in [9.17, 15) is 14.4 Å². The lowest BCUT2D eigenvalue weighted by molar-refractivity contribution is -0.139. The second-order valence-corrected chi connectivity index (χ2v) is 6.66. The van der Waals surface area contributed by atoms with Gasteiger partial charge in [0.15, 0.2) is 0 Å². The fraction of sp³-hybridized carbons (Fsp3) is 0.286. The molecule has 0 saturated carbocycles. The van der Waals surface area contributed by atoms with Gasteiger partial charge in [0.2, 0.25) is 0 Å². The van der Waals surface area contributed by atoms with Gasteiger partial charge in [0.25, 0.3) is 0 Å². The standard InChI is InChI=1S/C18H17NO4.C3H7NO2/c1-11(17(20)21)19-18(22)23-10-16-14-8-4-2-6-12(14)13-7-3-5-9-15(13)16;1-2(4)3(5)6/h2-9,11,16H,10H2,1H3,(H,19,22)(H,20,21);2H,4H2,1H3,(H,5,6)/t11-;2-/m00/s1. The topological polar surface area (TPSA) is 139 Å². The van der Waals surface area contributed by atoms with Crippen molar-refractivity contribution in [3.05, 3.63) is 59.7 Å². The Labute approximate surface area is 168 Å². The van der Waals surface area contributed by atoms with Crippen molar-refractivity contribution in [1.29, 1.82) is 0 Å². The summed E-state index contributed by atoms with van der Waals surface area (Å²) in [4.78, 5) is 32.1.